The van der Waals surface area contributed by atoms with E-state index in [4.69, 9.17) is 4.74 Å². The fraction of sp³-hybridized carbons (Fsp3) is 0.136. The number of thiazole rings is 1. The van der Waals surface area contributed by atoms with Crippen molar-refractivity contribution in [2.45, 2.75) is 24.1 Å². The van der Waals surface area contributed by atoms with E-state index in [1.807, 2.05) is 30.3 Å². The molecule has 0 aliphatic carbocycles. The second-order valence-electron chi connectivity index (χ2n) is 6.70. The third kappa shape index (κ3) is 5.65. The minimum absolute atomic E-state index is 0.0780. The molecule has 0 saturated carbocycles. The molecule has 7 nitrogen and oxygen atoms in total. The van der Waals surface area contributed by atoms with E-state index in [0.29, 0.717) is 0 Å². The molecular formula is C22H20N2O5S2. The standard InChI is InChI=1S/C22H20N2O5S2/c1-15(2)31(27,28)19-14-30-22(23-19)24-21(26)17-10-6-7-11-18(17)29-20(25)13-12-16-8-4-3-5-9-16/h3-15H,1-2H3,(H,23,24,26). The Hall–Kier alpha value is -3.30. The average Bonchev–Trinajstić information content (AvgIpc) is 3.22. The molecule has 1 heterocycles. The lowest BCUT2D eigenvalue weighted by Crippen LogP contribution is -2.16. The summed E-state index contributed by atoms with van der Waals surface area (Å²) in [5.74, 6) is -1.13. The molecule has 1 N–H and O–H groups in total. The molecule has 3 rings (SSSR count). The zero-order valence-corrected chi connectivity index (χ0v) is 18.4. The van der Waals surface area contributed by atoms with Crippen LogP contribution >= 0.6 is 11.3 Å². The number of nitrogens with one attached hydrogen (secondary N) is 1. The molecule has 0 bridgehead atoms. The van der Waals surface area contributed by atoms with E-state index in [2.05, 4.69) is 10.3 Å². The summed E-state index contributed by atoms with van der Waals surface area (Å²) < 4.78 is 29.7. The van der Waals surface area contributed by atoms with Crippen molar-refractivity contribution in [2.75, 3.05) is 5.32 Å². The first kappa shape index (κ1) is 22.4. The second kappa shape index (κ2) is 9.67. The molecule has 0 spiro atoms. The number of rotatable bonds is 7. The molecule has 160 valence electrons. The van der Waals surface area contributed by atoms with E-state index in [1.54, 1.807) is 32.1 Å². The van der Waals surface area contributed by atoms with Crippen molar-refractivity contribution in [3.8, 4) is 5.75 Å². The SMILES string of the molecule is CC(C)S(=O)(=O)c1csc(NC(=O)c2ccccc2OC(=O)C=Cc2ccccc2)n1. The van der Waals surface area contributed by atoms with Crippen molar-refractivity contribution in [1.82, 2.24) is 4.98 Å². The maximum Gasteiger partial charge on any atom is 0.336 e. The van der Waals surface area contributed by atoms with Gasteiger partial charge >= 0.3 is 5.97 Å². The molecule has 0 saturated heterocycles. The normalized spacial score (nSPS) is 11.6. The molecule has 1 aromatic heterocycles. The Morgan fingerprint density at radius 1 is 1.06 bits per heavy atom. The van der Waals surface area contributed by atoms with Crippen molar-refractivity contribution in [2.24, 2.45) is 0 Å². The Morgan fingerprint density at radius 2 is 1.74 bits per heavy atom. The van der Waals surface area contributed by atoms with Gasteiger partial charge in [-0.05, 0) is 37.6 Å². The molecule has 2 aromatic carbocycles. The van der Waals surface area contributed by atoms with Gasteiger partial charge < -0.3 is 4.74 Å². The fourth-order valence-electron chi connectivity index (χ4n) is 2.47. The van der Waals surface area contributed by atoms with E-state index in [9.17, 15) is 18.0 Å². The van der Waals surface area contributed by atoms with Gasteiger partial charge in [0.1, 0.15) is 5.75 Å². The number of hydrogen-bond donors (Lipinski definition) is 1. The zero-order valence-electron chi connectivity index (χ0n) is 16.8. The van der Waals surface area contributed by atoms with Crippen molar-refractivity contribution < 1.29 is 22.7 Å². The number of benzene rings is 2. The third-order valence-corrected chi connectivity index (χ3v) is 7.11. The number of esters is 1. The van der Waals surface area contributed by atoms with E-state index < -0.39 is 27.0 Å². The van der Waals surface area contributed by atoms with Crippen LogP contribution < -0.4 is 10.1 Å². The molecule has 0 aliphatic heterocycles. The topological polar surface area (TPSA) is 102 Å². The van der Waals surface area contributed by atoms with Gasteiger partial charge in [0.2, 0.25) is 0 Å². The highest BCUT2D eigenvalue weighted by molar-refractivity contribution is 7.92. The number of amides is 1. The molecule has 0 atom stereocenters. The molecule has 1 amide bonds. The molecule has 0 fully saturated rings. The van der Waals surface area contributed by atoms with Crippen molar-refractivity contribution >= 4 is 44.3 Å². The summed E-state index contributed by atoms with van der Waals surface area (Å²) in [7, 11) is -3.54. The molecule has 3 aromatic rings. The first-order valence-corrected chi connectivity index (χ1v) is 11.7. The molecular weight excluding hydrogens is 436 g/mol. The summed E-state index contributed by atoms with van der Waals surface area (Å²) in [4.78, 5) is 28.9. The highest BCUT2D eigenvalue weighted by Crippen LogP contribution is 2.25. The molecule has 0 unspecified atom stereocenters. The number of aromatic nitrogens is 1. The maximum atomic E-state index is 12.7. The lowest BCUT2D eigenvalue weighted by Gasteiger charge is -2.08. The van der Waals surface area contributed by atoms with Gasteiger partial charge in [0, 0.05) is 11.5 Å². The number of nitrogens with zero attached hydrogens (tertiary/aromatic N) is 1. The van der Waals surface area contributed by atoms with E-state index in [0.717, 1.165) is 16.9 Å². The molecule has 9 heteroatoms. The summed E-state index contributed by atoms with van der Waals surface area (Å²) in [6.45, 7) is 3.12. The van der Waals surface area contributed by atoms with Gasteiger partial charge in [-0.2, -0.15) is 0 Å². The number of anilines is 1. The predicted molar refractivity (Wildman–Crippen MR) is 120 cm³/mol. The van der Waals surface area contributed by atoms with Crippen LogP contribution in [0.5, 0.6) is 5.75 Å². The Labute approximate surface area is 184 Å². The largest absolute Gasteiger partial charge is 0.423 e. The lowest BCUT2D eigenvalue weighted by atomic mass is 10.2. The first-order valence-electron chi connectivity index (χ1n) is 9.32. The summed E-state index contributed by atoms with van der Waals surface area (Å²) >= 11 is 1.00. The lowest BCUT2D eigenvalue weighted by molar-refractivity contribution is -0.128. The quantitative estimate of drug-likeness (QED) is 0.325. The van der Waals surface area contributed by atoms with Gasteiger partial charge in [-0.1, -0.05) is 42.5 Å². The Bertz CT molecular complexity index is 1220. The first-order chi connectivity index (χ1) is 14.8. The number of sulfone groups is 1. The van der Waals surface area contributed by atoms with Gasteiger partial charge in [0.25, 0.3) is 5.91 Å². The van der Waals surface area contributed by atoms with E-state index in [1.165, 1.54) is 23.6 Å². The average molecular weight is 457 g/mol. The minimum atomic E-state index is -3.54. The van der Waals surface area contributed by atoms with Gasteiger partial charge in [0.05, 0.1) is 10.8 Å². The summed E-state index contributed by atoms with van der Waals surface area (Å²) in [6, 6.07) is 15.5. The van der Waals surface area contributed by atoms with Gasteiger partial charge in [0.15, 0.2) is 20.0 Å². The van der Waals surface area contributed by atoms with Crippen LogP contribution in [0.1, 0.15) is 29.8 Å². The van der Waals surface area contributed by atoms with Crippen LogP contribution in [0, 0.1) is 0 Å². The van der Waals surface area contributed by atoms with Crippen LogP contribution in [0.2, 0.25) is 0 Å². The summed E-state index contributed by atoms with van der Waals surface area (Å²) in [5, 5.41) is 3.36. The predicted octanol–water partition coefficient (Wildman–Crippen LogP) is 4.20. The van der Waals surface area contributed by atoms with Crippen molar-refractivity contribution in [3.63, 3.8) is 0 Å². The van der Waals surface area contributed by atoms with Crippen molar-refractivity contribution in [1.29, 1.82) is 0 Å². The summed E-state index contributed by atoms with van der Waals surface area (Å²) in [6.07, 6.45) is 2.88. The van der Waals surface area contributed by atoms with Crippen LogP contribution in [0.4, 0.5) is 5.13 Å². The smallest absolute Gasteiger partial charge is 0.336 e. The van der Waals surface area contributed by atoms with Crippen molar-refractivity contribution in [3.05, 3.63) is 77.2 Å². The second-order valence-corrected chi connectivity index (χ2v) is 10.0. The highest BCUT2D eigenvalue weighted by Gasteiger charge is 2.23. The Kier molecular flexibility index (Phi) is 6.98. The fourth-order valence-corrected chi connectivity index (χ4v) is 4.48. The van der Waals surface area contributed by atoms with Crippen LogP contribution in [-0.4, -0.2) is 30.5 Å². The van der Waals surface area contributed by atoms with Crippen LogP contribution in [-0.2, 0) is 14.6 Å². The summed E-state index contributed by atoms with van der Waals surface area (Å²) in [5.41, 5.74) is 0.953. The maximum absolute atomic E-state index is 12.7. The number of carbonyl (C=O) groups is 2. The van der Waals surface area contributed by atoms with Crippen LogP contribution in [0.15, 0.2) is 71.1 Å². The Morgan fingerprint density at radius 3 is 2.45 bits per heavy atom. The zero-order chi connectivity index (χ0) is 22.4. The monoisotopic (exact) mass is 456 g/mol. The molecule has 31 heavy (non-hydrogen) atoms. The third-order valence-electron chi connectivity index (χ3n) is 4.17. The van der Waals surface area contributed by atoms with Gasteiger partial charge in [-0.25, -0.2) is 18.2 Å². The number of carbonyl (C=O) groups excluding carboxylic acids is 2. The molecule has 0 aliphatic rings. The number of ether oxygens (including phenoxy) is 1. The Balaban J connectivity index is 1.73. The number of hydrogen-bond acceptors (Lipinski definition) is 7. The van der Waals surface area contributed by atoms with E-state index in [-0.39, 0.29) is 21.5 Å². The molecule has 0 radical (unpaired) electrons. The van der Waals surface area contributed by atoms with Gasteiger partial charge in [-0.3, -0.25) is 10.1 Å². The highest BCUT2D eigenvalue weighted by atomic mass is 32.2. The van der Waals surface area contributed by atoms with Crippen LogP contribution in [0.3, 0.4) is 0 Å². The van der Waals surface area contributed by atoms with Crippen LogP contribution in [0.25, 0.3) is 6.08 Å². The number of para-hydroxylation sites is 1. The minimum Gasteiger partial charge on any atom is -0.423 e. The van der Waals surface area contributed by atoms with E-state index >= 15 is 0 Å². The van der Waals surface area contributed by atoms with Gasteiger partial charge in [-0.15, -0.1) is 11.3 Å².